The van der Waals surface area contributed by atoms with Gasteiger partial charge in [-0.1, -0.05) is 18.2 Å². The number of aliphatic hydroxyl groups excluding tert-OH is 1. The maximum absolute atomic E-state index is 13.0. The molecule has 1 amide bonds. The molecule has 1 atom stereocenters. The van der Waals surface area contributed by atoms with Gasteiger partial charge in [0.2, 0.25) is 0 Å². The van der Waals surface area contributed by atoms with Crippen LogP contribution in [-0.4, -0.2) is 30.2 Å². The Kier molecular flexibility index (Phi) is 6.32. The Labute approximate surface area is 141 Å². The molecule has 128 valence electrons. The minimum absolute atomic E-state index is 0.0859. The maximum atomic E-state index is 13.0. The van der Waals surface area contributed by atoms with Gasteiger partial charge in [0.25, 0.3) is 5.91 Å². The molecule has 0 saturated carbocycles. The van der Waals surface area contributed by atoms with Gasteiger partial charge in [0.05, 0.1) is 6.61 Å². The van der Waals surface area contributed by atoms with Crippen LogP contribution in [0.3, 0.4) is 0 Å². The first-order chi connectivity index (χ1) is 11.5. The molecule has 2 rings (SSSR count). The van der Waals surface area contributed by atoms with Gasteiger partial charge >= 0.3 is 0 Å². The average Bonchev–Trinajstić information content (AvgIpc) is 2.56. The molecular weight excluding hydrogens is 307 g/mol. The average molecular weight is 330 g/mol. The fraction of sp³-hybridized carbons (Fsp3) is 0.316. The molecular formula is C19H23FN2O2. The summed E-state index contributed by atoms with van der Waals surface area (Å²) in [6, 6.07) is 12.1. The minimum atomic E-state index is -0.239. The van der Waals surface area contributed by atoms with Gasteiger partial charge in [-0.3, -0.25) is 4.79 Å². The van der Waals surface area contributed by atoms with Crippen LogP contribution in [0, 0.1) is 12.7 Å². The van der Waals surface area contributed by atoms with Gasteiger partial charge in [0.1, 0.15) is 5.82 Å². The van der Waals surface area contributed by atoms with Crippen LogP contribution in [0.25, 0.3) is 0 Å². The first-order valence-electron chi connectivity index (χ1n) is 8.01. The summed E-state index contributed by atoms with van der Waals surface area (Å²) in [5, 5.41) is 14.9. The molecule has 0 bridgehead atoms. The number of benzene rings is 2. The highest BCUT2D eigenvalue weighted by molar-refractivity contribution is 5.97. The van der Waals surface area contributed by atoms with Crippen LogP contribution in [0.2, 0.25) is 0 Å². The molecule has 24 heavy (non-hydrogen) atoms. The third-order valence-corrected chi connectivity index (χ3v) is 3.83. The molecule has 0 aliphatic heterocycles. The highest BCUT2D eigenvalue weighted by atomic mass is 19.1. The van der Waals surface area contributed by atoms with Gasteiger partial charge in [0, 0.05) is 23.8 Å². The number of rotatable bonds is 7. The number of amides is 1. The molecule has 3 N–H and O–H groups in total. The standard InChI is InChI=1S/C19H23FN2O2/c1-13(12-15-6-8-16(20)9-7-15)22-18-5-3-4-17(14(18)2)19(24)21-10-11-23/h3-9,13,22-23H,10-12H2,1-2H3,(H,21,24). The van der Waals surface area contributed by atoms with Crippen molar-refractivity contribution in [3.05, 3.63) is 65.0 Å². The third kappa shape index (κ3) is 4.80. The van der Waals surface area contributed by atoms with E-state index in [0.29, 0.717) is 5.56 Å². The van der Waals surface area contributed by atoms with Gasteiger partial charge in [0.15, 0.2) is 0 Å². The van der Waals surface area contributed by atoms with Gasteiger partial charge in [-0.2, -0.15) is 0 Å². The lowest BCUT2D eigenvalue weighted by Crippen LogP contribution is -2.27. The van der Waals surface area contributed by atoms with Crippen molar-refractivity contribution in [2.24, 2.45) is 0 Å². The van der Waals surface area contributed by atoms with Crippen molar-refractivity contribution in [2.45, 2.75) is 26.3 Å². The second-order valence-corrected chi connectivity index (χ2v) is 5.83. The van der Waals surface area contributed by atoms with Crippen LogP contribution in [-0.2, 0) is 6.42 Å². The first kappa shape index (κ1) is 17.9. The number of carbonyl (C=O) groups excluding carboxylic acids is 1. The molecule has 4 nitrogen and oxygen atoms in total. The summed E-state index contributed by atoms with van der Waals surface area (Å²) < 4.78 is 13.0. The number of halogens is 1. The minimum Gasteiger partial charge on any atom is -0.395 e. The quantitative estimate of drug-likeness (QED) is 0.731. The van der Waals surface area contributed by atoms with E-state index in [1.54, 1.807) is 18.2 Å². The van der Waals surface area contributed by atoms with Gasteiger partial charge in [-0.15, -0.1) is 0 Å². The second kappa shape index (κ2) is 8.45. The zero-order chi connectivity index (χ0) is 17.5. The molecule has 0 fully saturated rings. The summed E-state index contributed by atoms with van der Waals surface area (Å²) in [6.45, 7) is 4.08. The maximum Gasteiger partial charge on any atom is 0.251 e. The number of nitrogens with one attached hydrogen (secondary N) is 2. The SMILES string of the molecule is Cc1c(NC(C)Cc2ccc(F)cc2)cccc1C(=O)NCCO. The van der Waals surface area contributed by atoms with Crippen LogP contribution < -0.4 is 10.6 Å². The van der Waals surface area contributed by atoms with Crippen LogP contribution in [0.5, 0.6) is 0 Å². The van der Waals surface area contributed by atoms with Crippen molar-refractivity contribution < 1.29 is 14.3 Å². The van der Waals surface area contributed by atoms with Crippen molar-refractivity contribution in [3.8, 4) is 0 Å². The largest absolute Gasteiger partial charge is 0.395 e. The summed E-state index contributed by atoms with van der Waals surface area (Å²) >= 11 is 0. The van der Waals surface area contributed by atoms with E-state index in [1.807, 2.05) is 26.0 Å². The van der Waals surface area contributed by atoms with E-state index < -0.39 is 0 Å². The van der Waals surface area contributed by atoms with Gasteiger partial charge < -0.3 is 15.7 Å². The smallest absolute Gasteiger partial charge is 0.251 e. The number of carbonyl (C=O) groups is 1. The molecule has 0 saturated heterocycles. The molecule has 0 aromatic heterocycles. The second-order valence-electron chi connectivity index (χ2n) is 5.83. The summed E-state index contributed by atoms with van der Waals surface area (Å²) in [7, 11) is 0. The lowest BCUT2D eigenvalue weighted by atomic mass is 10.0. The van der Waals surface area contributed by atoms with E-state index in [2.05, 4.69) is 10.6 Å². The van der Waals surface area contributed by atoms with E-state index in [-0.39, 0.29) is 30.9 Å². The molecule has 0 aliphatic rings. The Morgan fingerprint density at radius 2 is 1.92 bits per heavy atom. The van der Waals surface area contributed by atoms with Crippen molar-refractivity contribution in [3.63, 3.8) is 0 Å². The Hall–Kier alpha value is -2.40. The van der Waals surface area contributed by atoms with E-state index in [1.165, 1.54) is 12.1 Å². The van der Waals surface area contributed by atoms with Crippen molar-refractivity contribution in [2.75, 3.05) is 18.5 Å². The predicted molar refractivity (Wildman–Crippen MR) is 93.8 cm³/mol. The Balaban J connectivity index is 2.06. The molecule has 2 aromatic carbocycles. The van der Waals surface area contributed by atoms with Crippen LogP contribution in [0.1, 0.15) is 28.4 Å². The van der Waals surface area contributed by atoms with Crippen LogP contribution >= 0.6 is 0 Å². The number of anilines is 1. The fourth-order valence-corrected chi connectivity index (χ4v) is 2.59. The normalized spacial score (nSPS) is 11.8. The van der Waals surface area contributed by atoms with Gasteiger partial charge in [-0.25, -0.2) is 4.39 Å². The summed E-state index contributed by atoms with van der Waals surface area (Å²) in [6.07, 6.45) is 0.751. The fourth-order valence-electron chi connectivity index (χ4n) is 2.59. The third-order valence-electron chi connectivity index (χ3n) is 3.83. The topological polar surface area (TPSA) is 61.4 Å². The number of aliphatic hydroxyl groups is 1. The van der Waals surface area contributed by atoms with Crippen molar-refractivity contribution >= 4 is 11.6 Å². The zero-order valence-corrected chi connectivity index (χ0v) is 14.0. The summed E-state index contributed by atoms with van der Waals surface area (Å²) in [5.74, 6) is -0.437. The van der Waals surface area contributed by atoms with E-state index in [0.717, 1.165) is 23.2 Å². The van der Waals surface area contributed by atoms with E-state index in [4.69, 9.17) is 5.11 Å². The van der Waals surface area contributed by atoms with Crippen LogP contribution in [0.15, 0.2) is 42.5 Å². The predicted octanol–water partition coefficient (Wildman–Crippen LogP) is 2.90. The lowest BCUT2D eigenvalue weighted by molar-refractivity contribution is 0.0944. The van der Waals surface area contributed by atoms with Crippen molar-refractivity contribution in [1.29, 1.82) is 0 Å². The molecule has 0 radical (unpaired) electrons. The summed E-state index contributed by atoms with van der Waals surface area (Å²) in [4.78, 5) is 12.1. The highest BCUT2D eigenvalue weighted by Gasteiger charge is 2.12. The number of hydrogen-bond donors (Lipinski definition) is 3. The monoisotopic (exact) mass is 330 g/mol. The van der Waals surface area contributed by atoms with Crippen molar-refractivity contribution in [1.82, 2.24) is 5.32 Å². The molecule has 0 aliphatic carbocycles. The Morgan fingerprint density at radius 3 is 2.58 bits per heavy atom. The molecule has 0 heterocycles. The Bertz CT molecular complexity index is 686. The van der Waals surface area contributed by atoms with E-state index in [9.17, 15) is 9.18 Å². The number of hydrogen-bond acceptors (Lipinski definition) is 3. The van der Waals surface area contributed by atoms with Gasteiger partial charge in [-0.05, 0) is 55.7 Å². The molecule has 0 spiro atoms. The molecule has 5 heteroatoms. The first-order valence-corrected chi connectivity index (χ1v) is 8.01. The lowest BCUT2D eigenvalue weighted by Gasteiger charge is -2.19. The summed E-state index contributed by atoms with van der Waals surface area (Å²) in [5.41, 5.74) is 3.38. The molecule has 1 unspecified atom stereocenters. The highest BCUT2D eigenvalue weighted by Crippen LogP contribution is 2.20. The zero-order valence-electron chi connectivity index (χ0n) is 14.0. The molecule has 2 aromatic rings. The van der Waals surface area contributed by atoms with Crippen LogP contribution in [0.4, 0.5) is 10.1 Å². The van der Waals surface area contributed by atoms with E-state index >= 15 is 0 Å². The Morgan fingerprint density at radius 1 is 1.21 bits per heavy atom.